The van der Waals surface area contributed by atoms with Crippen molar-refractivity contribution < 1.29 is 0 Å². The maximum atomic E-state index is 4.45. The van der Waals surface area contributed by atoms with E-state index in [2.05, 4.69) is 34.3 Å². The van der Waals surface area contributed by atoms with Crippen molar-refractivity contribution in [2.24, 2.45) is 0 Å². The molecule has 0 spiro atoms. The van der Waals surface area contributed by atoms with E-state index >= 15 is 0 Å². The van der Waals surface area contributed by atoms with E-state index in [1.165, 1.54) is 0 Å². The third-order valence-corrected chi connectivity index (χ3v) is 2.48. The van der Waals surface area contributed by atoms with Gasteiger partial charge in [0.05, 0.1) is 0 Å². The van der Waals surface area contributed by atoms with Crippen LogP contribution in [-0.4, -0.2) is 22.2 Å². The lowest BCUT2D eigenvalue weighted by atomic mass is 10.2. The highest BCUT2D eigenvalue weighted by Gasteiger charge is 2.07. The standard InChI is InChI=1S/C12H16N4/c1-8(2)11-14-12(16-15-11)9-4-6-10(13-3)7-5-9/h4-8,13H,1-3H3,(H,14,15,16). The van der Waals surface area contributed by atoms with Crippen LogP contribution in [0.2, 0.25) is 0 Å². The fraction of sp³-hybridized carbons (Fsp3) is 0.333. The van der Waals surface area contributed by atoms with E-state index in [9.17, 15) is 0 Å². The summed E-state index contributed by atoms with van der Waals surface area (Å²) in [6.07, 6.45) is 0. The van der Waals surface area contributed by atoms with Gasteiger partial charge in [0.25, 0.3) is 0 Å². The Morgan fingerprint density at radius 2 is 1.88 bits per heavy atom. The predicted molar refractivity (Wildman–Crippen MR) is 65.5 cm³/mol. The summed E-state index contributed by atoms with van der Waals surface area (Å²) in [5, 5.41) is 10.2. The molecule has 0 aliphatic carbocycles. The molecule has 2 aromatic rings. The summed E-state index contributed by atoms with van der Waals surface area (Å²) in [5.41, 5.74) is 2.12. The van der Waals surface area contributed by atoms with Crippen LogP contribution < -0.4 is 5.32 Å². The molecule has 0 atom stereocenters. The van der Waals surface area contributed by atoms with Gasteiger partial charge in [-0.1, -0.05) is 13.8 Å². The number of aromatic amines is 1. The van der Waals surface area contributed by atoms with Gasteiger partial charge in [0.15, 0.2) is 5.82 Å². The van der Waals surface area contributed by atoms with Gasteiger partial charge in [0, 0.05) is 24.2 Å². The quantitative estimate of drug-likeness (QED) is 0.829. The number of hydrogen-bond donors (Lipinski definition) is 2. The van der Waals surface area contributed by atoms with Crippen LogP contribution >= 0.6 is 0 Å². The molecular formula is C12H16N4. The van der Waals surface area contributed by atoms with E-state index < -0.39 is 0 Å². The summed E-state index contributed by atoms with van der Waals surface area (Å²) in [6.45, 7) is 4.18. The van der Waals surface area contributed by atoms with Gasteiger partial charge in [-0.05, 0) is 24.3 Å². The molecule has 0 aliphatic rings. The van der Waals surface area contributed by atoms with Crippen LogP contribution in [0, 0.1) is 0 Å². The smallest absolute Gasteiger partial charge is 0.181 e. The van der Waals surface area contributed by atoms with Gasteiger partial charge >= 0.3 is 0 Å². The number of nitrogens with one attached hydrogen (secondary N) is 2. The van der Waals surface area contributed by atoms with Crippen molar-refractivity contribution in [3.63, 3.8) is 0 Å². The Hall–Kier alpha value is -1.84. The van der Waals surface area contributed by atoms with Gasteiger partial charge < -0.3 is 5.32 Å². The first-order chi connectivity index (χ1) is 7.70. The summed E-state index contributed by atoms with van der Waals surface area (Å²) in [7, 11) is 1.90. The third-order valence-electron chi connectivity index (χ3n) is 2.48. The SMILES string of the molecule is CNc1ccc(-c2n[nH]c(C(C)C)n2)cc1. The van der Waals surface area contributed by atoms with Gasteiger partial charge in [0.2, 0.25) is 0 Å². The van der Waals surface area contributed by atoms with Gasteiger partial charge in [-0.15, -0.1) is 0 Å². The maximum Gasteiger partial charge on any atom is 0.181 e. The molecule has 0 fully saturated rings. The number of hydrogen-bond acceptors (Lipinski definition) is 3. The van der Waals surface area contributed by atoms with Crippen LogP contribution in [0.5, 0.6) is 0 Å². The molecule has 84 valence electrons. The first-order valence-corrected chi connectivity index (χ1v) is 5.41. The molecule has 0 bridgehead atoms. The molecule has 0 amide bonds. The van der Waals surface area contributed by atoms with Crippen LogP contribution in [0.25, 0.3) is 11.4 Å². The van der Waals surface area contributed by atoms with E-state index in [4.69, 9.17) is 0 Å². The van der Waals surface area contributed by atoms with E-state index in [0.717, 1.165) is 22.9 Å². The molecule has 2 rings (SSSR count). The molecule has 16 heavy (non-hydrogen) atoms. The number of anilines is 1. The van der Waals surface area contributed by atoms with Crippen LogP contribution in [0.3, 0.4) is 0 Å². The molecular weight excluding hydrogens is 200 g/mol. The normalized spacial score (nSPS) is 10.8. The second kappa shape index (κ2) is 4.35. The third kappa shape index (κ3) is 2.05. The molecule has 0 unspecified atom stereocenters. The van der Waals surface area contributed by atoms with Crippen LogP contribution in [0.4, 0.5) is 5.69 Å². The van der Waals surface area contributed by atoms with Gasteiger partial charge in [-0.2, -0.15) is 5.10 Å². The van der Waals surface area contributed by atoms with Crippen molar-refractivity contribution in [3.05, 3.63) is 30.1 Å². The molecule has 1 aromatic carbocycles. The maximum absolute atomic E-state index is 4.45. The summed E-state index contributed by atoms with van der Waals surface area (Å²) in [5.74, 6) is 2.05. The lowest BCUT2D eigenvalue weighted by molar-refractivity contribution is 0.781. The lowest BCUT2D eigenvalue weighted by Gasteiger charge is -2.00. The molecule has 0 saturated carbocycles. The Kier molecular flexibility index (Phi) is 2.90. The molecule has 0 aliphatic heterocycles. The Balaban J connectivity index is 2.28. The Bertz CT molecular complexity index is 456. The van der Waals surface area contributed by atoms with Crippen molar-refractivity contribution in [1.29, 1.82) is 0 Å². The number of nitrogens with zero attached hydrogens (tertiary/aromatic N) is 2. The summed E-state index contributed by atoms with van der Waals surface area (Å²) < 4.78 is 0. The van der Waals surface area contributed by atoms with Crippen LogP contribution in [0.15, 0.2) is 24.3 Å². The van der Waals surface area contributed by atoms with Gasteiger partial charge in [0.1, 0.15) is 5.82 Å². The van der Waals surface area contributed by atoms with Crippen molar-refractivity contribution in [2.75, 3.05) is 12.4 Å². The Labute approximate surface area is 95.1 Å². The zero-order valence-corrected chi connectivity index (χ0v) is 9.78. The van der Waals surface area contributed by atoms with Gasteiger partial charge in [-0.3, -0.25) is 5.10 Å². The fourth-order valence-electron chi connectivity index (χ4n) is 1.45. The first kappa shape index (κ1) is 10.7. The summed E-state index contributed by atoms with van der Waals surface area (Å²) in [4.78, 5) is 4.45. The lowest BCUT2D eigenvalue weighted by Crippen LogP contribution is -1.89. The highest BCUT2D eigenvalue weighted by Crippen LogP contribution is 2.19. The van der Waals surface area contributed by atoms with Crippen LogP contribution in [-0.2, 0) is 0 Å². The number of benzene rings is 1. The molecule has 1 heterocycles. The highest BCUT2D eigenvalue weighted by atomic mass is 15.2. The number of aromatic nitrogens is 3. The summed E-state index contributed by atoms with van der Waals surface area (Å²) >= 11 is 0. The zero-order chi connectivity index (χ0) is 11.5. The monoisotopic (exact) mass is 216 g/mol. The fourth-order valence-corrected chi connectivity index (χ4v) is 1.45. The van der Waals surface area contributed by atoms with E-state index in [1.807, 2.05) is 31.3 Å². The second-order valence-corrected chi connectivity index (χ2v) is 4.03. The van der Waals surface area contributed by atoms with E-state index in [-0.39, 0.29) is 0 Å². The molecule has 4 nitrogen and oxygen atoms in total. The molecule has 4 heteroatoms. The minimum absolute atomic E-state index is 0.373. The molecule has 0 saturated heterocycles. The van der Waals surface area contributed by atoms with Crippen molar-refractivity contribution in [2.45, 2.75) is 19.8 Å². The van der Waals surface area contributed by atoms with E-state index in [0.29, 0.717) is 5.92 Å². The Morgan fingerprint density at radius 1 is 1.19 bits per heavy atom. The largest absolute Gasteiger partial charge is 0.388 e. The van der Waals surface area contributed by atoms with Crippen LogP contribution in [0.1, 0.15) is 25.6 Å². The van der Waals surface area contributed by atoms with Crippen molar-refractivity contribution in [3.8, 4) is 11.4 Å². The van der Waals surface area contributed by atoms with Crippen molar-refractivity contribution in [1.82, 2.24) is 15.2 Å². The molecule has 0 radical (unpaired) electrons. The second-order valence-electron chi connectivity index (χ2n) is 4.03. The first-order valence-electron chi connectivity index (χ1n) is 5.41. The van der Waals surface area contributed by atoms with E-state index in [1.54, 1.807) is 0 Å². The highest BCUT2D eigenvalue weighted by molar-refractivity contribution is 5.59. The average molecular weight is 216 g/mol. The Morgan fingerprint density at radius 3 is 2.38 bits per heavy atom. The molecule has 1 aromatic heterocycles. The zero-order valence-electron chi connectivity index (χ0n) is 9.78. The minimum atomic E-state index is 0.373. The average Bonchev–Trinajstić information content (AvgIpc) is 2.78. The molecule has 2 N–H and O–H groups in total. The predicted octanol–water partition coefficient (Wildman–Crippen LogP) is 2.64. The van der Waals surface area contributed by atoms with Crippen molar-refractivity contribution >= 4 is 5.69 Å². The number of rotatable bonds is 3. The number of H-pyrrole nitrogens is 1. The topological polar surface area (TPSA) is 53.6 Å². The summed E-state index contributed by atoms with van der Waals surface area (Å²) in [6, 6.07) is 8.06. The van der Waals surface area contributed by atoms with Gasteiger partial charge in [-0.25, -0.2) is 4.98 Å². The minimum Gasteiger partial charge on any atom is -0.388 e.